The monoisotopic (exact) mass is 239 g/mol. The Hall–Kier alpha value is 0.360. The molecule has 8 heavy (non-hydrogen) atoms. The average molecular weight is 239 g/mol. The standard InChI is InChI=1S/C5H6INS/c1-4-5(2-6)3-8-7-4/h3H,2H2,1H3. The van der Waals surface area contributed by atoms with E-state index in [9.17, 15) is 0 Å². The van der Waals surface area contributed by atoms with E-state index in [-0.39, 0.29) is 0 Å². The second kappa shape index (κ2) is 2.77. The van der Waals surface area contributed by atoms with Gasteiger partial charge in [0.25, 0.3) is 0 Å². The summed E-state index contributed by atoms with van der Waals surface area (Å²) in [5.41, 5.74) is 2.56. The summed E-state index contributed by atoms with van der Waals surface area (Å²) in [6, 6.07) is 0. The molecule has 0 bridgehead atoms. The average Bonchev–Trinajstić information content (AvgIpc) is 2.14. The maximum Gasteiger partial charge on any atom is 0.0550 e. The quantitative estimate of drug-likeness (QED) is 0.541. The van der Waals surface area contributed by atoms with Crippen molar-refractivity contribution in [2.45, 2.75) is 11.4 Å². The van der Waals surface area contributed by atoms with E-state index in [1.54, 1.807) is 0 Å². The van der Waals surface area contributed by atoms with Crippen LogP contribution in [0.4, 0.5) is 0 Å². The molecule has 0 aliphatic heterocycles. The highest BCUT2D eigenvalue weighted by atomic mass is 127. The van der Waals surface area contributed by atoms with Crippen LogP contribution in [0.25, 0.3) is 0 Å². The van der Waals surface area contributed by atoms with Crippen molar-refractivity contribution < 1.29 is 0 Å². The van der Waals surface area contributed by atoms with Crippen molar-refractivity contribution in [2.24, 2.45) is 0 Å². The largest absolute Gasteiger partial charge is 0.198 e. The maximum absolute atomic E-state index is 4.12. The Morgan fingerprint density at radius 2 is 2.62 bits per heavy atom. The van der Waals surface area contributed by atoms with Crippen LogP contribution in [0.5, 0.6) is 0 Å². The lowest BCUT2D eigenvalue weighted by Crippen LogP contribution is -1.75. The molecule has 1 aromatic heterocycles. The van der Waals surface area contributed by atoms with Gasteiger partial charge in [0.15, 0.2) is 0 Å². The van der Waals surface area contributed by atoms with Gasteiger partial charge in [-0.1, -0.05) is 22.6 Å². The first kappa shape index (κ1) is 6.48. The minimum absolute atomic E-state index is 1.08. The molecule has 1 rings (SSSR count). The van der Waals surface area contributed by atoms with Crippen molar-refractivity contribution in [2.75, 3.05) is 0 Å². The molecule has 0 aromatic carbocycles. The van der Waals surface area contributed by atoms with Gasteiger partial charge in [0, 0.05) is 9.81 Å². The minimum atomic E-state index is 1.08. The lowest BCUT2D eigenvalue weighted by Gasteiger charge is -1.84. The number of rotatable bonds is 1. The predicted molar refractivity (Wildman–Crippen MR) is 44.6 cm³/mol. The van der Waals surface area contributed by atoms with Gasteiger partial charge in [-0.2, -0.15) is 4.37 Å². The van der Waals surface area contributed by atoms with Crippen LogP contribution in [0.1, 0.15) is 11.3 Å². The number of nitrogens with zero attached hydrogens (tertiary/aromatic N) is 1. The minimum Gasteiger partial charge on any atom is -0.198 e. The summed E-state index contributed by atoms with van der Waals surface area (Å²) < 4.78 is 5.21. The SMILES string of the molecule is Cc1nscc1CI. The van der Waals surface area contributed by atoms with Crippen LogP contribution in [0.15, 0.2) is 5.38 Å². The van der Waals surface area contributed by atoms with Crippen LogP contribution in [0.3, 0.4) is 0 Å². The van der Waals surface area contributed by atoms with Crippen molar-refractivity contribution in [1.82, 2.24) is 4.37 Å². The first-order valence-electron chi connectivity index (χ1n) is 2.30. The van der Waals surface area contributed by atoms with Crippen molar-refractivity contribution in [3.05, 3.63) is 16.6 Å². The van der Waals surface area contributed by atoms with Crippen LogP contribution in [-0.4, -0.2) is 4.37 Å². The molecule has 3 heteroatoms. The van der Waals surface area contributed by atoms with Crippen LogP contribution < -0.4 is 0 Å². The molecule has 0 atom stereocenters. The van der Waals surface area contributed by atoms with Gasteiger partial charge in [0.1, 0.15) is 0 Å². The van der Waals surface area contributed by atoms with E-state index in [4.69, 9.17) is 0 Å². The molecule has 0 radical (unpaired) electrons. The Morgan fingerprint density at radius 3 is 2.88 bits per heavy atom. The Bertz CT molecular complexity index is 173. The molecule has 0 saturated carbocycles. The van der Waals surface area contributed by atoms with Gasteiger partial charge in [0.05, 0.1) is 5.69 Å². The van der Waals surface area contributed by atoms with Crippen LogP contribution >= 0.6 is 34.1 Å². The van der Waals surface area contributed by atoms with Crippen molar-refractivity contribution in [3.8, 4) is 0 Å². The van der Waals surface area contributed by atoms with Gasteiger partial charge in [-0.3, -0.25) is 0 Å². The molecule has 0 N–H and O–H groups in total. The Morgan fingerprint density at radius 1 is 1.88 bits per heavy atom. The van der Waals surface area contributed by atoms with Crippen molar-refractivity contribution >= 4 is 34.1 Å². The molecule has 1 aromatic rings. The number of aromatic nitrogens is 1. The third-order valence-corrected chi connectivity index (χ3v) is 2.58. The molecular formula is C5H6INS. The highest BCUT2D eigenvalue weighted by molar-refractivity contribution is 14.1. The number of halogens is 1. The van der Waals surface area contributed by atoms with E-state index < -0.39 is 0 Å². The van der Waals surface area contributed by atoms with Crippen molar-refractivity contribution in [3.63, 3.8) is 0 Å². The van der Waals surface area contributed by atoms with Gasteiger partial charge >= 0.3 is 0 Å². The van der Waals surface area contributed by atoms with Gasteiger partial charge in [-0.15, -0.1) is 0 Å². The zero-order valence-corrected chi connectivity index (χ0v) is 7.49. The van der Waals surface area contributed by atoms with E-state index in [1.165, 1.54) is 22.8 Å². The summed E-state index contributed by atoms with van der Waals surface area (Å²) in [6.45, 7) is 2.05. The molecule has 0 aliphatic carbocycles. The van der Waals surface area contributed by atoms with E-state index in [0.717, 1.165) is 4.43 Å². The first-order valence-corrected chi connectivity index (χ1v) is 4.66. The molecule has 44 valence electrons. The van der Waals surface area contributed by atoms with Crippen LogP contribution in [-0.2, 0) is 4.43 Å². The normalized spacial score (nSPS) is 9.75. The number of alkyl halides is 1. The zero-order valence-electron chi connectivity index (χ0n) is 4.52. The summed E-state index contributed by atoms with van der Waals surface area (Å²) in [5.74, 6) is 0. The molecule has 0 unspecified atom stereocenters. The summed E-state index contributed by atoms with van der Waals surface area (Å²) in [6.07, 6.45) is 0. The predicted octanol–water partition coefficient (Wildman–Crippen LogP) is 2.39. The lowest BCUT2D eigenvalue weighted by molar-refractivity contribution is 1.27. The second-order valence-corrected chi connectivity index (χ2v) is 2.95. The van der Waals surface area contributed by atoms with E-state index in [0.29, 0.717) is 0 Å². The molecule has 0 aliphatic rings. The summed E-state index contributed by atoms with van der Waals surface area (Å²) in [5, 5.41) is 2.10. The third-order valence-electron chi connectivity index (χ3n) is 0.993. The zero-order chi connectivity index (χ0) is 5.98. The molecular weight excluding hydrogens is 233 g/mol. The van der Waals surface area contributed by atoms with Crippen LogP contribution in [0.2, 0.25) is 0 Å². The summed E-state index contributed by atoms with van der Waals surface area (Å²) in [4.78, 5) is 0. The highest BCUT2D eigenvalue weighted by Crippen LogP contribution is 2.12. The molecule has 0 fully saturated rings. The number of hydrogen-bond donors (Lipinski definition) is 0. The molecule has 0 saturated heterocycles. The van der Waals surface area contributed by atoms with E-state index in [2.05, 4.69) is 32.3 Å². The third kappa shape index (κ3) is 1.20. The Labute approximate surface area is 66.4 Å². The summed E-state index contributed by atoms with van der Waals surface area (Å²) >= 11 is 3.88. The Balaban J connectivity index is 2.92. The molecule has 1 nitrogen and oxygen atoms in total. The molecule has 1 heterocycles. The van der Waals surface area contributed by atoms with Gasteiger partial charge in [0.2, 0.25) is 0 Å². The fourth-order valence-corrected chi connectivity index (χ4v) is 2.22. The number of hydrogen-bond acceptors (Lipinski definition) is 2. The lowest BCUT2D eigenvalue weighted by atomic mass is 10.3. The van der Waals surface area contributed by atoms with E-state index >= 15 is 0 Å². The fourth-order valence-electron chi connectivity index (χ4n) is 0.441. The highest BCUT2D eigenvalue weighted by Gasteiger charge is 1.95. The van der Waals surface area contributed by atoms with Gasteiger partial charge in [-0.25, -0.2) is 0 Å². The fraction of sp³-hybridized carbons (Fsp3) is 0.400. The Kier molecular flexibility index (Phi) is 2.25. The van der Waals surface area contributed by atoms with Crippen molar-refractivity contribution in [1.29, 1.82) is 0 Å². The smallest absolute Gasteiger partial charge is 0.0550 e. The maximum atomic E-state index is 4.12. The molecule has 0 spiro atoms. The number of aryl methyl sites for hydroxylation is 1. The van der Waals surface area contributed by atoms with E-state index in [1.807, 2.05) is 6.92 Å². The second-order valence-electron chi connectivity index (χ2n) is 1.56. The molecule has 0 amide bonds. The first-order chi connectivity index (χ1) is 3.84. The van der Waals surface area contributed by atoms with Crippen LogP contribution in [0, 0.1) is 6.92 Å². The topological polar surface area (TPSA) is 12.9 Å². The summed E-state index contributed by atoms with van der Waals surface area (Å²) in [7, 11) is 0. The van der Waals surface area contributed by atoms with Gasteiger partial charge in [-0.05, 0) is 24.0 Å². The van der Waals surface area contributed by atoms with Gasteiger partial charge < -0.3 is 0 Å².